The van der Waals surface area contributed by atoms with Crippen molar-refractivity contribution in [3.8, 4) is 0 Å². The summed E-state index contributed by atoms with van der Waals surface area (Å²) in [4.78, 5) is 36.7. The topological polar surface area (TPSA) is 111 Å². The second-order valence-corrected chi connectivity index (χ2v) is 15.0. The van der Waals surface area contributed by atoms with Crippen molar-refractivity contribution in [1.29, 1.82) is 0 Å². The first-order chi connectivity index (χ1) is 20.2. The van der Waals surface area contributed by atoms with E-state index < -0.39 is 29.5 Å². The van der Waals surface area contributed by atoms with E-state index in [0.717, 1.165) is 60.9 Å². The minimum absolute atomic E-state index is 0.0247. The van der Waals surface area contributed by atoms with Gasteiger partial charge in [-0.1, -0.05) is 56.1 Å². The van der Waals surface area contributed by atoms with Crippen LogP contribution in [0.25, 0.3) is 10.3 Å². The zero-order valence-corrected chi connectivity index (χ0v) is 25.1. The second-order valence-electron chi connectivity index (χ2n) is 14.0. The number of carbonyl (C=O) groups is 2. The lowest BCUT2D eigenvalue weighted by Crippen LogP contribution is -2.64. The Morgan fingerprint density at radius 2 is 2.02 bits per heavy atom. The Balaban J connectivity index is 1.18. The molecule has 3 heterocycles. The van der Waals surface area contributed by atoms with Gasteiger partial charge in [-0.25, -0.2) is 9.97 Å². The standard InChI is InChI=1S/C33H39N3O5S/c1-31-13-12-20(37)15-19(31)10-11-21-22-16-25-33(32(22,2)17-24(38)26(21)31,41-28(40-25)18-7-4-3-5-8-18)29(39)36-30-35-23-9-6-14-34-27(23)42-30/h6,9,12-15,18,21-22,24-26,28,38H,3-5,7-8,10-11,16-17H2,1-2H3,(H,35,36,39)/t21?,22?,24?,25-,26?,28-,31?,32?,33+/m1/s1. The van der Waals surface area contributed by atoms with Crippen LogP contribution in [-0.4, -0.2) is 50.9 Å². The summed E-state index contributed by atoms with van der Waals surface area (Å²) in [6.45, 7) is 4.34. The molecule has 0 radical (unpaired) electrons. The van der Waals surface area contributed by atoms with Crippen molar-refractivity contribution in [1.82, 2.24) is 9.97 Å². The molecule has 4 saturated carbocycles. The second kappa shape index (κ2) is 9.52. The van der Waals surface area contributed by atoms with E-state index in [2.05, 4.69) is 29.1 Å². The van der Waals surface area contributed by atoms with Gasteiger partial charge in [0.2, 0.25) is 0 Å². The van der Waals surface area contributed by atoms with Gasteiger partial charge in [0, 0.05) is 28.9 Å². The number of aliphatic hydroxyl groups excluding tert-OH is 1. The van der Waals surface area contributed by atoms with Crippen LogP contribution in [0.5, 0.6) is 0 Å². The molecule has 0 spiro atoms. The molecule has 2 aromatic rings. The SMILES string of the molecule is CC12C=CC(=O)C=C1CCC1C2C(O)CC2(C)C1C[C@H]1O[C@@H](C3CCCCC3)O[C@]12C(=O)Nc1nc2cccnc2s1. The van der Waals surface area contributed by atoms with Crippen molar-refractivity contribution in [2.75, 3.05) is 5.32 Å². The summed E-state index contributed by atoms with van der Waals surface area (Å²) in [6.07, 6.45) is 14.2. The minimum atomic E-state index is -1.23. The number of nitrogens with zero attached hydrogens (tertiary/aromatic N) is 2. The predicted octanol–water partition coefficient (Wildman–Crippen LogP) is 5.58. The molecule has 1 aliphatic heterocycles. The maximum Gasteiger partial charge on any atom is 0.261 e. The number of thiazole rings is 1. The van der Waals surface area contributed by atoms with E-state index in [0.29, 0.717) is 11.6 Å². The van der Waals surface area contributed by atoms with Crippen LogP contribution in [0.1, 0.15) is 71.6 Å². The number of ether oxygens (including phenoxy) is 2. The lowest BCUT2D eigenvalue weighted by atomic mass is 9.46. The number of hydrogen-bond acceptors (Lipinski definition) is 8. The summed E-state index contributed by atoms with van der Waals surface area (Å²) >= 11 is 1.36. The third-order valence-corrected chi connectivity index (χ3v) is 12.9. The maximum atomic E-state index is 14.7. The molecule has 0 aromatic carbocycles. The number of ketones is 1. The third kappa shape index (κ3) is 3.69. The van der Waals surface area contributed by atoms with Crippen molar-refractivity contribution in [2.45, 2.75) is 95.7 Å². The summed E-state index contributed by atoms with van der Waals surface area (Å²) < 4.78 is 13.8. The van der Waals surface area contributed by atoms with E-state index in [-0.39, 0.29) is 40.8 Å². The normalized spacial score (nSPS) is 42.9. The number of fused-ring (bicyclic) bond motifs is 8. The quantitative estimate of drug-likeness (QED) is 0.481. The Hall–Kier alpha value is -2.46. The lowest BCUT2D eigenvalue weighted by Gasteiger charge is -2.59. The molecule has 6 unspecified atom stereocenters. The highest BCUT2D eigenvalue weighted by molar-refractivity contribution is 7.21. The lowest BCUT2D eigenvalue weighted by molar-refractivity contribution is -0.207. The third-order valence-electron chi connectivity index (χ3n) is 12.0. The number of amides is 1. The van der Waals surface area contributed by atoms with Crippen molar-refractivity contribution in [3.05, 3.63) is 42.1 Å². The van der Waals surface area contributed by atoms with Crippen LogP contribution in [-0.2, 0) is 19.1 Å². The summed E-state index contributed by atoms with van der Waals surface area (Å²) in [5, 5.41) is 15.7. The average Bonchev–Trinajstić information content (AvgIpc) is 3.63. The smallest absolute Gasteiger partial charge is 0.261 e. The van der Waals surface area contributed by atoms with Gasteiger partial charge in [-0.2, -0.15) is 0 Å². The molecule has 42 heavy (non-hydrogen) atoms. The Morgan fingerprint density at radius 1 is 1.19 bits per heavy atom. The number of allylic oxidation sites excluding steroid dienone is 4. The first kappa shape index (κ1) is 27.1. The molecular weight excluding hydrogens is 550 g/mol. The number of rotatable bonds is 3. The predicted molar refractivity (Wildman–Crippen MR) is 158 cm³/mol. The van der Waals surface area contributed by atoms with Crippen LogP contribution in [0.15, 0.2) is 42.1 Å². The molecule has 9 heteroatoms. The first-order valence-corrected chi connectivity index (χ1v) is 16.5. The minimum Gasteiger partial charge on any atom is -0.393 e. The number of nitrogens with one attached hydrogen (secondary N) is 1. The number of aromatic nitrogens is 2. The molecule has 8 rings (SSSR count). The summed E-state index contributed by atoms with van der Waals surface area (Å²) in [5.41, 5.74) is -0.358. The van der Waals surface area contributed by atoms with Crippen LogP contribution in [0.4, 0.5) is 5.13 Å². The summed E-state index contributed by atoms with van der Waals surface area (Å²) in [7, 11) is 0. The van der Waals surface area contributed by atoms with Crippen LogP contribution in [0, 0.1) is 34.5 Å². The van der Waals surface area contributed by atoms with Crippen molar-refractivity contribution < 1.29 is 24.2 Å². The molecule has 5 aliphatic carbocycles. The van der Waals surface area contributed by atoms with Crippen LogP contribution >= 0.6 is 11.3 Å². The van der Waals surface area contributed by atoms with Crippen molar-refractivity contribution in [3.63, 3.8) is 0 Å². The van der Waals surface area contributed by atoms with Gasteiger partial charge in [0.25, 0.3) is 5.91 Å². The van der Waals surface area contributed by atoms with Gasteiger partial charge in [0.05, 0.1) is 12.2 Å². The number of carbonyl (C=O) groups excluding carboxylic acids is 2. The van der Waals surface area contributed by atoms with Crippen molar-refractivity contribution in [2.24, 2.45) is 34.5 Å². The molecule has 2 N–H and O–H groups in total. The van der Waals surface area contributed by atoms with Gasteiger partial charge in [0.15, 0.2) is 22.8 Å². The Labute approximate surface area is 250 Å². The molecule has 0 bridgehead atoms. The van der Waals surface area contributed by atoms with Gasteiger partial charge in [-0.3, -0.25) is 14.9 Å². The highest BCUT2D eigenvalue weighted by atomic mass is 32.1. The number of anilines is 1. The largest absolute Gasteiger partial charge is 0.393 e. The molecule has 1 saturated heterocycles. The fraction of sp³-hybridized carbons (Fsp3) is 0.636. The van der Waals surface area contributed by atoms with Crippen LogP contribution in [0.2, 0.25) is 0 Å². The highest BCUT2D eigenvalue weighted by Gasteiger charge is 2.76. The molecule has 5 fully saturated rings. The zero-order chi connectivity index (χ0) is 28.9. The number of hydrogen-bond donors (Lipinski definition) is 2. The average molecular weight is 590 g/mol. The molecule has 8 nitrogen and oxygen atoms in total. The van der Waals surface area contributed by atoms with E-state index in [1.165, 1.54) is 17.8 Å². The van der Waals surface area contributed by atoms with E-state index in [1.807, 2.05) is 18.2 Å². The van der Waals surface area contributed by atoms with E-state index in [9.17, 15) is 14.7 Å². The highest BCUT2D eigenvalue weighted by Crippen LogP contribution is 2.70. The fourth-order valence-electron chi connectivity index (χ4n) is 10.1. The summed E-state index contributed by atoms with van der Waals surface area (Å²) in [5.74, 6) is 0.379. The zero-order valence-electron chi connectivity index (χ0n) is 24.3. The molecule has 1 amide bonds. The number of pyridine rings is 1. The van der Waals surface area contributed by atoms with Crippen LogP contribution < -0.4 is 5.32 Å². The maximum absolute atomic E-state index is 14.7. The summed E-state index contributed by atoms with van der Waals surface area (Å²) in [6, 6.07) is 3.74. The van der Waals surface area contributed by atoms with Gasteiger partial charge in [-0.05, 0) is 74.6 Å². The van der Waals surface area contributed by atoms with E-state index in [1.54, 1.807) is 18.3 Å². The molecular formula is C33H39N3O5S. The molecule has 9 atom stereocenters. The van der Waals surface area contributed by atoms with Crippen LogP contribution in [0.3, 0.4) is 0 Å². The molecule has 2 aromatic heterocycles. The Bertz CT molecular complexity index is 1480. The Kier molecular flexibility index (Phi) is 6.14. The fourth-order valence-corrected chi connectivity index (χ4v) is 10.9. The van der Waals surface area contributed by atoms with Crippen molar-refractivity contribution >= 4 is 38.5 Å². The number of aliphatic hydroxyl groups is 1. The van der Waals surface area contributed by atoms with Gasteiger partial charge in [-0.15, -0.1) is 0 Å². The molecule has 222 valence electrons. The van der Waals surface area contributed by atoms with Gasteiger partial charge >= 0.3 is 0 Å². The first-order valence-electron chi connectivity index (χ1n) is 15.7. The van der Waals surface area contributed by atoms with Gasteiger partial charge < -0.3 is 14.6 Å². The monoisotopic (exact) mass is 589 g/mol. The van der Waals surface area contributed by atoms with E-state index >= 15 is 0 Å². The Morgan fingerprint density at radius 3 is 2.83 bits per heavy atom. The molecule has 6 aliphatic rings. The van der Waals surface area contributed by atoms with Gasteiger partial charge in [0.1, 0.15) is 10.3 Å². The van der Waals surface area contributed by atoms with E-state index in [4.69, 9.17) is 9.47 Å².